The third-order valence-electron chi connectivity index (χ3n) is 3.47. The molecular weight excluding hydrogens is 274 g/mol. The Morgan fingerprint density at radius 1 is 1.50 bits per heavy atom. The molecule has 0 bridgehead atoms. The van der Waals surface area contributed by atoms with Crippen LogP contribution >= 0.6 is 11.6 Å². The SMILES string of the molecule is CCCCN(CC(=O)Nc1cc(N)ccc1Cl)C1CC1. The molecule has 20 heavy (non-hydrogen) atoms. The lowest BCUT2D eigenvalue weighted by molar-refractivity contribution is -0.117. The second-order valence-corrected chi connectivity index (χ2v) is 5.75. The fourth-order valence-corrected chi connectivity index (χ4v) is 2.37. The highest BCUT2D eigenvalue weighted by molar-refractivity contribution is 6.33. The first-order valence-electron chi connectivity index (χ1n) is 7.19. The summed E-state index contributed by atoms with van der Waals surface area (Å²) < 4.78 is 0. The minimum atomic E-state index is -0.0273. The molecule has 110 valence electrons. The number of carbonyl (C=O) groups excluding carboxylic acids is 1. The normalized spacial score (nSPS) is 14.6. The first-order chi connectivity index (χ1) is 9.60. The Bertz CT molecular complexity index is 474. The number of nitrogen functional groups attached to an aromatic ring is 1. The van der Waals surface area contributed by atoms with Crippen LogP contribution in [-0.4, -0.2) is 29.9 Å². The summed E-state index contributed by atoms with van der Waals surface area (Å²) in [6, 6.07) is 5.69. The lowest BCUT2D eigenvalue weighted by Crippen LogP contribution is -2.35. The van der Waals surface area contributed by atoms with Crippen LogP contribution in [0.1, 0.15) is 32.6 Å². The number of unbranched alkanes of at least 4 members (excludes halogenated alkanes) is 1. The zero-order chi connectivity index (χ0) is 14.5. The third kappa shape index (κ3) is 4.39. The molecule has 1 aliphatic rings. The largest absolute Gasteiger partial charge is 0.399 e. The number of benzene rings is 1. The number of nitrogens with two attached hydrogens (primary N) is 1. The van der Waals surface area contributed by atoms with E-state index in [1.807, 2.05) is 0 Å². The van der Waals surface area contributed by atoms with E-state index in [-0.39, 0.29) is 5.91 Å². The van der Waals surface area contributed by atoms with Crippen LogP contribution in [0, 0.1) is 0 Å². The molecule has 4 nitrogen and oxygen atoms in total. The van der Waals surface area contributed by atoms with Crippen molar-refractivity contribution in [3.8, 4) is 0 Å². The van der Waals surface area contributed by atoms with Crippen LogP contribution in [0.25, 0.3) is 0 Å². The number of anilines is 2. The van der Waals surface area contributed by atoms with Gasteiger partial charge in [0.25, 0.3) is 0 Å². The van der Waals surface area contributed by atoms with Crippen molar-refractivity contribution in [2.45, 2.75) is 38.6 Å². The molecule has 0 aliphatic heterocycles. The summed E-state index contributed by atoms with van der Waals surface area (Å²) in [5.41, 5.74) is 6.89. The Morgan fingerprint density at radius 2 is 2.25 bits per heavy atom. The standard InChI is InChI=1S/C15H22ClN3O/c1-2-3-8-19(12-5-6-12)10-15(20)18-14-9-11(17)4-7-13(14)16/h4,7,9,12H,2-3,5-6,8,10,17H2,1H3,(H,18,20). The van der Waals surface area contributed by atoms with Gasteiger partial charge in [-0.05, 0) is 44.0 Å². The van der Waals surface area contributed by atoms with Crippen molar-refractivity contribution in [2.24, 2.45) is 0 Å². The molecule has 1 amide bonds. The molecule has 1 aromatic carbocycles. The number of nitrogens with zero attached hydrogens (tertiary/aromatic N) is 1. The van der Waals surface area contributed by atoms with E-state index in [4.69, 9.17) is 17.3 Å². The van der Waals surface area contributed by atoms with Crippen LogP contribution in [0.15, 0.2) is 18.2 Å². The van der Waals surface area contributed by atoms with Crippen molar-refractivity contribution in [2.75, 3.05) is 24.1 Å². The average molecular weight is 296 g/mol. The van der Waals surface area contributed by atoms with Crippen LogP contribution in [0.3, 0.4) is 0 Å². The molecule has 1 fully saturated rings. The summed E-state index contributed by atoms with van der Waals surface area (Å²) in [6.07, 6.45) is 4.68. The number of hydrogen-bond donors (Lipinski definition) is 2. The van der Waals surface area contributed by atoms with Gasteiger partial charge >= 0.3 is 0 Å². The molecule has 2 rings (SSSR count). The summed E-state index contributed by atoms with van der Waals surface area (Å²) in [5.74, 6) is -0.0273. The monoisotopic (exact) mass is 295 g/mol. The van der Waals surface area contributed by atoms with Crippen LogP contribution in [0.2, 0.25) is 5.02 Å². The van der Waals surface area contributed by atoms with Crippen LogP contribution in [-0.2, 0) is 4.79 Å². The van der Waals surface area contributed by atoms with Crippen LogP contribution < -0.4 is 11.1 Å². The molecular formula is C15H22ClN3O. The Hall–Kier alpha value is -1.26. The lowest BCUT2D eigenvalue weighted by atomic mass is 10.2. The highest BCUT2D eigenvalue weighted by Gasteiger charge is 2.29. The fourth-order valence-electron chi connectivity index (χ4n) is 2.20. The minimum absolute atomic E-state index is 0.0273. The highest BCUT2D eigenvalue weighted by atomic mass is 35.5. The maximum atomic E-state index is 12.1. The summed E-state index contributed by atoms with van der Waals surface area (Å²) >= 11 is 6.05. The quantitative estimate of drug-likeness (QED) is 0.760. The molecule has 1 aromatic rings. The van der Waals surface area contributed by atoms with Gasteiger partial charge in [-0.2, -0.15) is 0 Å². The van der Waals surface area contributed by atoms with Crippen molar-refractivity contribution < 1.29 is 4.79 Å². The molecule has 1 saturated carbocycles. The highest BCUT2D eigenvalue weighted by Crippen LogP contribution is 2.27. The smallest absolute Gasteiger partial charge is 0.238 e. The Balaban J connectivity index is 1.91. The van der Waals surface area contributed by atoms with E-state index >= 15 is 0 Å². The lowest BCUT2D eigenvalue weighted by Gasteiger charge is -2.21. The topological polar surface area (TPSA) is 58.4 Å². The molecule has 3 N–H and O–H groups in total. The molecule has 0 atom stereocenters. The number of halogens is 1. The van der Waals surface area contributed by atoms with Gasteiger partial charge in [0, 0.05) is 11.7 Å². The first kappa shape index (κ1) is 15.1. The van der Waals surface area contributed by atoms with Gasteiger partial charge < -0.3 is 11.1 Å². The zero-order valence-electron chi connectivity index (χ0n) is 11.9. The van der Waals surface area contributed by atoms with E-state index in [0.717, 1.165) is 19.4 Å². The van der Waals surface area contributed by atoms with Gasteiger partial charge in [0.1, 0.15) is 0 Å². The van der Waals surface area contributed by atoms with Gasteiger partial charge in [-0.25, -0.2) is 0 Å². The molecule has 0 unspecified atom stereocenters. The molecule has 0 aromatic heterocycles. The summed E-state index contributed by atoms with van der Waals surface area (Å²) in [4.78, 5) is 14.4. The fraction of sp³-hybridized carbons (Fsp3) is 0.533. The van der Waals surface area contributed by atoms with E-state index < -0.39 is 0 Å². The predicted octanol–water partition coefficient (Wildman–Crippen LogP) is 3.13. The molecule has 0 radical (unpaired) electrons. The molecule has 0 spiro atoms. The van der Waals surface area contributed by atoms with E-state index in [2.05, 4.69) is 17.1 Å². The van der Waals surface area contributed by atoms with Crippen molar-refractivity contribution in [1.29, 1.82) is 0 Å². The van der Waals surface area contributed by atoms with Crippen molar-refractivity contribution in [3.63, 3.8) is 0 Å². The third-order valence-corrected chi connectivity index (χ3v) is 3.80. The van der Waals surface area contributed by atoms with E-state index in [1.54, 1.807) is 18.2 Å². The van der Waals surface area contributed by atoms with Gasteiger partial charge in [-0.15, -0.1) is 0 Å². The number of rotatable bonds is 7. The minimum Gasteiger partial charge on any atom is -0.399 e. The van der Waals surface area contributed by atoms with Gasteiger partial charge in [0.15, 0.2) is 0 Å². The number of amides is 1. The molecule has 0 heterocycles. The van der Waals surface area contributed by atoms with Crippen LogP contribution in [0.5, 0.6) is 0 Å². The average Bonchev–Trinajstić information content (AvgIpc) is 3.23. The number of hydrogen-bond acceptors (Lipinski definition) is 3. The van der Waals surface area contributed by atoms with Crippen molar-refractivity contribution >= 4 is 28.9 Å². The predicted molar refractivity (Wildman–Crippen MR) is 84.0 cm³/mol. The van der Waals surface area contributed by atoms with Crippen molar-refractivity contribution in [3.05, 3.63) is 23.2 Å². The number of carbonyl (C=O) groups is 1. The molecule has 0 saturated heterocycles. The Kier molecular flexibility index (Phi) is 5.26. The zero-order valence-corrected chi connectivity index (χ0v) is 12.6. The maximum absolute atomic E-state index is 12.1. The van der Waals surface area contributed by atoms with Gasteiger partial charge in [-0.3, -0.25) is 9.69 Å². The maximum Gasteiger partial charge on any atom is 0.238 e. The van der Waals surface area contributed by atoms with E-state index in [9.17, 15) is 4.79 Å². The Labute approximate surface area is 125 Å². The first-order valence-corrected chi connectivity index (χ1v) is 7.57. The second kappa shape index (κ2) is 6.95. The summed E-state index contributed by atoms with van der Waals surface area (Å²) in [5, 5.41) is 3.36. The van der Waals surface area contributed by atoms with Gasteiger partial charge in [0.05, 0.1) is 17.3 Å². The van der Waals surface area contributed by atoms with E-state index in [1.165, 1.54) is 12.8 Å². The molecule has 1 aliphatic carbocycles. The van der Waals surface area contributed by atoms with Crippen molar-refractivity contribution in [1.82, 2.24) is 4.90 Å². The second-order valence-electron chi connectivity index (χ2n) is 5.34. The molecule has 5 heteroatoms. The summed E-state index contributed by atoms with van der Waals surface area (Å²) in [7, 11) is 0. The number of nitrogens with one attached hydrogen (secondary N) is 1. The van der Waals surface area contributed by atoms with E-state index in [0.29, 0.717) is 29.0 Å². The van der Waals surface area contributed by atoms with Gasteiger partial charge in [-0.1, -0.05) is 24.9 Å². The van der Waals surface area contributed by atoms with Crippen LogP contribution in [0.4, 0.5) is 11.4 Å². The van der Waals surface area contributed by atoms with Gasteiger partial charge in [0.2, 0.25) is 5.91 Å². The summed E-state index contributed by atoms with van der Waals surface area (Å²) in [6.45, 7) is 3.58. The Morgan fingerprint density at radius 3 is 2.90 bits per heavy atom.